The van der Waals surface area contributed by atoms with Crippen LogP contribution in [0.25, 0.3) is 0 Å². The van der Waals surface area contributed by atoms with Gasteiger partial charge >= 0.3 is 5.97 Å². The van der Waals surface area contributed by atoms with E-state index in [-0.39, 0.29) is 6.04 Å². The van der Waals surface area contributed by atoms with E-state index in [1.54, 1.807) is 11.3 Å². The normalized spacial score (nSPS) is 20.7. The van der Waals surface area contributed by atoms with Crippen molar-refractivity contribution in [1.82, 2.24) is 4.90 Å². The highest BCUT2D eigenvalue weighted by molar-refractivity contribution is 9.10. The third kappa shape index (κ3) is 3.12. The van der Waals surface area contributed by atoms with Gasteiger partial charge < -0.3 is 5.11 Å². The van der Waals surface area contributed by atoms with Gasteiger partial charge in [-0.1, -0.05) is 46.6 Å². The maximum atomic E-state index is 11.7. The second kappa shape index (κ2) is 6.94. The lowest BCUT2D eigenvalue weighted by Crippen LogP contribution is -2.46. The third-order valence-corrected chi connectivity index (χ3v) is 5.82. The van der Waals surface area contributed by atoms with Gasteiger partial charge in [-0.2, -0.15) is 0 Å². The van der Waals surface area contributed by atoms with E-state index in [0.29, 0.717) is 0 Å². The fourth-order valence-electron chi connectivity index (χ4n) is 3.17. The predicted octanol–water partition coefficient (Wildman–Crippen LogP) is 4.54. The van der Waals surface area contributed by atoms with E-state index >= 15 is 0 Å². The zero-order chi connectivity index (χ0) is 15.5. The van der Waals surface area contributed by atoms with Gasteiger partial charge in [0.15, 0.2) is 0 Å². The van der Waals surface area contributed by atoms with Crippen LogP contribution in [0.4, 0.5) is 0 Å². The number of carboxylic acids is 1. The molecule has 2 aromatic rings. The summed E-state index contributed by atoms with van der Waals surface area (Å²) < 4.78 is 1.03. The highest BCUT2D eigenvalue weighted by Crippen LogP contribution is 2.39. The first-order valence-corrected chi connectivity index (χ1v) is 9.12. The molecule has 1 aromatic heterocycles. The Bertz CT molecular complexity index is 644. The molecule has 1 aromatic carbocycles. The van der Waals surface area contributed by atoms with E-state index in [1.807, 2.05) is 24.3 Å². The Morgan fingerprint density at radius 2 is 2.09 bits per heavy atom. The fraction of sp³-hybridized carbons (Fsp3) is 0.353. The molecule has 116 valence electrons. The highest BCUT2D eigenvalue weighted by Gasteiger charge is 2.36. The molecule has 3 nitrogen and oxygen atoms in total. The van der Waals surface area contributed by atoms with E-state index in [2.05, 4.69) is 38.3 Å². The zero-order valence-electron chi connectivity index (χ0n) is 12.1. The van der Waals surface area contributed by atoms with Crippen molar-refractivity contribution >= 4 is 33.2 Å². The Labute approximate surface area is 142 Å². The molecule has 3 rings (SSSR count). The molecule has 1 saturated heterocycles. The lowest BCUT2D eigenvalue weighted by molar-refractivity contribution is -0.145. The van der Waals surface area contributed by atoms with Crippen LogP contribution in [0.15, 0.2) is 46.3 Å². The molecule has 0 bridgehead atoms. The van der Waals surface area contributed by atoms with Crippen LogP contribution in [0.5, 0.6) is 0 Å². The smallest absolute Gasteiger partial charge is 0.320 e. The fourth-order valence-corrected chi connectivity index (χ4v) is 4.53. The van der Waals surface area contributed by atoms with Crippen LogP contribution in [0.1, 0.15) is 35.7 Å². The Balaban J connectivity index is 2.05. The molecule has 2 atom stereocenters. The maximum absolute atomic E-state index is 11.7. The van der Waals surface area contributed by atoms with Gasteiger partial charge in [-0.05, 0) is 42.5 Å². The minimum absolute atomic E-state index is 0.00280. The molecular weight excluding hydrogens is 362 g/mol. The van der Waals surface area contributed by atoms with Crippen LogP contribution in [0.2, 0.25) is 0 Å². The summed E-state index contributed by atoms with van der Waals surface area (Å²) in [5, 5.41) is 11.7. The number of rotatable bonds is 4. The number of carboxylic acid groups (broad SMARTS) is 1. The first kappa shape index (κ1) is 15.7. The van der Waals surface area contributed by atoms with Crippen molar-refractivity contribution in [2.75, 3.05) is 6.54 Å². The standard InChI is InChI=1S/C17H18BrNO2S/c18-13-7-2-1-6-12(13)16(15-9-5-11-22-15)19-10-4-3-8-14(19)17(20)21/h1-2,5-7,9,11,14,16H,3-4,8,10H2,(H,20,21). The summed E-state index contributed by atoms with van der Waals surface area (Å²) in [7, 11) is 0. The van der Waals surface area contributed by atoms with Crippen LogP contribution in [-0.2, 0) is 4.79 Å². The number of likely N-dealkylation sites (tertiary alicyclic amines) is 1. The second-order valence-corrected chi connectivity index (χ2v) is 7.36. The molecular formula is C17H18BrNO2S. The zero-order valence-corrected chi connectivity index (χ0v) is 14.5. The van der Waals surface area contributed by atoms with Crippen molar-refractivity contribution in [1.29, 1.82) is 0 Å². The number of hydrogen-bond acceptors (Lipinski definition) is 3. The number of halogens is 1. The van der Waals surface area contributed by atoms with Gasteiger partial charge in [0.25, 0.3) is 0 Å². The average Bonchev–Trinajstić information content (AvgIpc) is 3.04. The van der Waals surface area contributed by atoms with E-state index in [4.69, 9.17) is 0 Å². The summed E-state index contributed by atoms with van der Waals surface area (Å²) in [6.45, 7) is 0.820. The van der Waals surface area contributed by atoms with Crippen molar-refractivity contribution in [2.45, 2.75) is 31.3 Å². The average molecular weight is 380 g/mol. The summed E-state index contributed by atoms with van der Waals surface area (Å²) >= 11 is 5.32. The van der Waals surface area contributed by atoms with E-state index in [0.717, 1.165) is 35.8 Å². The predicted molar refractivity (Wildman–Crippen MR) is 92.3 cm³/mol. The summed E-state index contributed by atoms with van der Waals surface area (Å²) in [4.78, 5) is 15.1. The quantitative estimate of drug-likeness (QED) is 0.847. The van der Waals surface area contributed by atoms with E-state index in [9.17, 15) is 9.90 Å². The van der Waals surface area contributed by atoms with Gasteiger partial charge in [-0.15, -0.1) is 11.3 Å². The van der Waals surface area contributed by atoms with Crippen LogP contribution < -0.4 is 0 Å². The summed E-state index contributed by atoms with van der Waals surface area (Å²) in [5.74, 6) is -0.715. The van der Waals surface area contributed by atoms with Crippen molar-refractivity contribution < 1.29 is 9.90 Å². The number of piperidine rings is 1. The van der Waals surface area contributed by atoms with E-state index in [1.165, 1.54) is 4.88 Å². The number of thiophene rings is 1. The lowest BCUT2D eigenvalue weighted by Gasteiger charge is -2.39. The van der Waals surface area contributed by atoms with Crippen molar-refractivity contribution in [3.63, 3.8) is 0 Å². The van der Waals surface area contributed by atoms with Gasteiger partial charge in [0.1, 0.15) is 6.04 Å². The molecule has 1 N–H and O–H groups in total. The van der Waals surface area contributed by atoms with Crippen molar-refractivity contribution in [3.8, 4) is 0 Å². The summed E-state index contributed by atoms with van der Waals surface area (Å²) in [5.41, 5.74) is 1.14. The minimum Gasteiger partial charge on any atom is -0.480 e. The van der Waals surface area contributed by atoms with Gasteiger partial charge in [-0.3, -0.25) is 9.69 Å². The van der Waals surface area contributed by atoms with E-state index < -0.39 is 12.0 Å². The van der Waals surface area contributed by atoms with Crippen LogP contribution >= 0.6 is 27.3 Å². The topological polar surface area (TPSA) is 40.5 Å². The number of hydrogen-bond donors (Lipinski definition) is 1. The number of aliphatic carboxylic acids is 1. The number of carbonyl (C=O) groups is 1. The van der Waals surface area contributed by atoms with Crippen LogP contribution in [0, 0.1) is 0 Å². The molecule has 1 aliphatic heterocycles. The van der Waals surface area contributed by atoms with Crippen LogP contribution in [-0.4, -0.2) is 28.6 Å². The molecule has 2 heterocycles. The Hall–Kier alpha value is -1.17. The first-order valence-electron chi connectivity index (χ1n) is 7.45. The molecule has 1 aliphatic rings. The van der Waals surface area contributed by atoms with Gasteiger partial charge in [-0.25, -0.2) is 0 Å². The van der Waals surface area contributed by atoms with Crippen LogP contribution in [0.3, 0.4) is 0 Å². The third-order valence-electron chi connectivity index (χ3n) is 4.17. The van der Waals surface area contributed by atoms with Crippen molar-refractivity contribution in [2.24, 2.45) is 0 Å². The lowest BCUT2D eigenvalue weighted by atomic mass is 9.95. The van der Waals surface area contributed by atoms with Gasteiger partial charge in [0, 0.05) is 9.35 Å². The Kier molecular flexibility index (Phi) is 4.96. The highest BCUT2D eigenvalue weighted by atomic mass is 79.9. The minimum atomic E-state index is -0.715. The number of nitrogens with zero attached hydrogens (tertiary/aromatic N) is 1. The summed E-state index contributed by atoms with van der Waals surface area (Å²) in [6, 6.07) is 11.8. The molecule has 0 aliphatic carbocycles. The van der Waals surface area contributed by atoms with Gasteiger partial charge in [0.05, 0.1) is 6.04 Å². The monoisotopic (exact) mass is 379 g/mol. The van der Waals surface area contributed by atoms with Gasteiger partial charge in [0.2, 0.25) is 0 Å². The summed E-state index contributed by atoms with van der Waals surface area (Å²) in [6.07, 6.45) is 2.76. The maximum Gasteiger partial charge on any atom is 0.320 e. The molecule has 0 saturated carbocycles. The molecule has 0 amide bonds. The molecule has 0 spiro atoms. The Morgan fingerprint density at radius 1 is 1.27 bits per heavy atom. The molecule has 1 fully saturated rings. The molecule has 22 heavy (non-hydrogen) atoms. The largest absolute Gasteiger partial charge is 0.480 e. The Morgan fingerprint density at radius 3 is 2.77 bits per heavy atom. The second-order valence-electron chi connectivity index (χ2n) is 5.53. The van der Waals surface area contributed by atoms with Crippen molar-refractivity contribution in [3.05, 3.63) is 56.7 Å². The molecule has 2 unspecified atom stereocenters. The molecule has 5 heteroatoms. The first-order chi connectivity index (χ1) is 10.7. The molecule has 0 radical (unpaired) electrons. The number of benzene rings is 1. The SMILES string of the molecule is O=C(O)C1CCCCN1C(c1cccs1)c1ccccc1Br.